The van der Waals surface area contributed by atoms with Crippen LogP contribution in [0, 0.1) is 11.3 Å². The van der Waals surface area contributed by atoms with Crippen LogP contribution in [0.25, 0.3) is 0 Å². The van der Waals surface area contributed by atoms with Crippen molar-refractivity contribution in [2.24, 2.45) is 11.3 Å². The summed E-state index contributed by atoms with van der Waals surface area (Å²) >= 11 is 0. The molecule has 1 aromatic heterocycles. The first-order valence-electron chi connectivity index (χ1n) is 7.26. The van der Waals surface area contributed by atoms with E-state index in [1.165, 1.54) is 12.8 Å². The van der Waals surface area contributed by atoms with E-state index in [2.05, 4.69) is 15.7 Å². The minimum Gasteiger partial charge on any atom is -0.356 e. The molecule has 0 aromatic carbocycles. The molecule has 5 nitrogen and oxygen atoms in total. The van der Waals surface area contributed by atoms with Gasteiger partial charge in [0, 0.05) is 31.4 Å². The number of nitrogens with zero attached hydrogens (tertiary/aromatic N) is 2. The second-order valence-corrected chi connectivity index (χ2v) is 5.78. The molecule has 0 radical (unpaired) electrons. The van der Waals surface area contributed by atoms with Crippen LogP contribution in [-0.2, 0) is 11.3 Å². The van der Waals surface area contributed by atoms with Crippen LogP contribution in [-0.4, -0.2) is 35.3 Å². The van der Waals surface area contributed by atoms with Gasteiger partial charge in [-0.05, 0) is 50.3 Å². The number of piperidine rings is 1. The van der Waals surface area contributed by atoms with Gasteiger partial charge in [0.2, 0.25) is 5.91 Å². The maximum Gasteiger partial charge on any atom is 0.223 e. The highest BCUT2D eigenvalue weighted by Crippen LogP contribution is 2.58. The molecule has 2 fully saturated rings. The summed E-state index contributed by atoms with van der Waals surface area (Å²) in [4.78, 5) is 12.1. The van der Waals surface area contributed by atoms with Crippen molar-refractivity contribution in [1.82, 2.24) is 20.4 Å². The van der Waals surface area contributed by atoms with Crippen molar-refractivity contribution < 1.29 is 4.79 Å². The van der Waals surface area contributed by atoms with Gasteiger partial charge in [0.1, 0.15) is 0 Å². The zero-order chi connectivity index (χ0) is 13.1. The van der Waals surface area contributed by atoms with Gasteiger partial charge in [0.05, 0.1) is 0 Å². The van der Waals surface area contributed by atoms with Crippen molar-refractivity contribution in [2.45, 2.75) is 32.2 Å². The van der Waals surface area contributed by atoms with Gasteiger partial charge in [-0.1, -0.05) is 0 Å². The van der Waals surface area contributed by atoms with E-state index in [4.69, 9.17) is 0 Å². The van der Waals surface area contributed by atoms with Gasteiger partial charge < -0.3 is 10.6 Å². The highest BCUT2D eigenvalue weighted by atomic mass is 16.2. The van der Waals surface area contributed by atoms with E-state index in [1.54, 1.807) is 6.20 Å². The summed E-state index contributed by atoms with van der Waals surface area (Å²) in [5.74, 6) is 0.543. The molecule has 1 atom stereocenters. The number of nitrogens with one attached hydrogen (secondary N) is 2. The molecule has 2 aliphatic rings. The second kappa shape index (κ2) is 5.33. The van der Waals surface area contributed by atoms with Crippen LogP contribution in [0.15, 0.2) is 18.5 Å². The van der Waals surface area contributed by atoms with Gasteiger partial charge in [-0.3, -0.25) is 9.48 Å². The molecule has 19 heavy (non-hydrogen) atoms. The summed E-state index contributed by atoms with van der Waals surface area (Å²) in [6.45, 7) is 3.77. The number of aromatic nitrogens is 2. The smallest absolute Gasteiger partial charge is 0.223 e. The maximum absolute atomic E-state index is 12.1. The Morgan fingerprint density at radius 2 is 2.32 bits per heavy atom. The summed E-state index contributed by atoms with van der Waals surface area (Å²) in [5, 5.41) is 10.6. The number of hydrogen-bond acceptors (Lipinski definition) is 3. The molecule has 1 amide bonds. The van der Waals surface area contributed by atoms with Gasteiger partial charge >= 0.3 is 0 Å². The molecule has 1 aromatic rings. The van der Waals surface area contributed by atoms with Gasteiger partial charge in [-0.15, -0.1) is 0 Å². The predicted octanol–water partition coefficient (Wildman–Crippen LogP) is 0.779. The number of amides is 1. The molecule has 0 bridgehead atoms. The standard InChI is InChI=1S/C14H22N4O/c19-13(12-11-14(12)3-7-15-8-4-14)16-5-1-9-18-10-2-6-17-18/h2,6,10,12,15H,1,3-5,7-9,11H2,(H,16,19). The van der Waals surface area contributed by atoms with E-state index in [0.29, 0.717) is 5.41 Å². The highest BCUT2D eigenvalue weighted by molar-refractivity contribution is 5.82. The fraction of sp³-hybridized carbons (Fsp3) is 0.714. The molecule has 1 spiro atoms. The van der Waals surface area contributed by atoms with Crippen LogP contribution < -0.4 is 10.6 Å². The van der Waals surface area contributed by atoms with Gasteiger partial charge in [-0.25, -0.2) is 0 Å². The van der Waals surface area contributed by atoms with Crippen LogP contribution in [0.3, 0.4) is 0 Å². The topological polar surface area (TPSA) is 59.0 Å². The van der Waals surface area contributed by atoms with E-state index in [0.717, 1.165) is 39.0 Å². The van der Waals surface area contributed by atoms with E-state index < -0.39 is 0 Å². The monoisotopic (exact) mass is 262 g/mol. The minimum absolute atomic E-state index is 0.266. The molecule has 1 aliphatic carbocycles. The van der Waals surface area contributed by atoms with Crippen LogP contribution >= 0.6 is 0 Å². The first kappa shape index (κ1) is 12.7. The van der Waals surface area contributed by atoms with E-state index >= 15 is 0 Å². The number of carbonyl (C=O) groups excluding carboxylic acids is 1. The Morgan fingerprint density at radius 3 is 3.05 bits per heavy atom. The second-order valence-electron chi connectivity index (χ2n) is 5.78. The van der Waals surface area contributed by atoms with Crippen molar-refractivity contribution in [3.05, 3.63) is 18.5 Å². The molecule has 3 rings (SSSR count). The lowest BCUT2D eigenvalue weighted by Gasteiger charge is -2.23. The molecule has 1 saturated carbocycles. The predicted molar refractivity (Wildman–Crippen MR) is 72.5 cm³/mol. The Morgan fingerprint density at radius 1 is 1.47 bits per heavy atom. The Bertz CT molecular complexity index is 423. The van der Waals surface area contributed by atoms with Crippen LogP contribution in [0.4, 0.5) is 0 Å². The average molecular weight is 262 g/mol. The van der Waals surface area contributed by atoms with Crippen molar-refractivity contribution in [3.63, 3.8) is 0 Å². The number of hydrogen-bond donors (Lipinski definition) is 2. The molecule has 1 saturated heterocycles. The van der Waals surface area contributed by atoms with E-state index in [-0.39, 0.29) is 11.8 Å². The molecule has 5 heteroatoms. The Balaban J connectivity index is 1.36. The van der Waals surface area contributed by atoms with Gasteiger partial charge in [0.25, 0.3) is 0 Å². The first-order valence-corrected chi connectivity index (χ1v) is 7.26. The molecule has 2 heterocycles. The Labute approximate surface area is 113 Å². The third-order valence-corrected chi connectivity index (χ3v) is 4.53. The van der Waals surface area contributed by atoms with Crippen molar-refractivity contribution >= 4 is 5.91 Å². The SMILES string of the molecule is O=C(NCCCn1cccn1)C1CC12CCNCC2. The fourth-order valence-electron chi connectivity index (χ4n) is 3.20. The normalized spacial score (nSPS) is 24.3. The van der Waals surface area contributed by atoms with Crippen molar-refractivity contribution in [1.29, 1.82) is 0 Å². The lowest BCUT2D eigenvalue weighted by Crippen LogP contribution is -2.34. The van der Waals surface area contributed by atoms with Gasteiger partial charge in [0.15, 0.2) is 0 Å². The molecular formula is C14H22N4O. The van der Waals surface area contributed by atoms with Crippen LogP contribution in [0.5, 0.6) is 0 Å². The zero-order valence-corrected chi connectivity index (χ0v) is 11.3. The van der Waals surface area contributed by atoms with Crippen molar-refractivity contribution in [2.75, 3.05) is 19.6 Å². The quantitative estimate of drug-likeness (QED) is 0.771. The number of aryl methyl sites for hydroxylation is 1. The molecule has 1 unspecified atom stereocenters. The summed E-state index contributed by atoms with van der Waals surface area (Å²) in [6.07, 6.45) is 8.10. The van der Waals surface area contributed by atoms with Crippen LogP contribution in [0.2, 0.25) is 0 Å². The molecule has 1 aliphatic heterocycles. The lowest BCUT2D eigenvalue weighted by atomic mass is 9.92. The summed E-state index contributed by atoms with van der Waals surface area (Å²) in [6, 6.07) is 1.92. The highest BCUT2D eigenvalue weighted by Gasteiger charge is 2.57. The Hall–Kier alpha value is -1.36. The minimum atomic E-state index is 0.266. The van der Waals surface area contributed by atoms with E-state index in [1.807, 2.05) is 16.9 Å². The number of rotatable bonds is 5. The largest absolute Gasteiger partial charge is 0.356 e. The molecular weight excluding hydrogens is 240 g/mol. The van der Waals surface area contributed by atoms with E-state index in [9.17, 15) is 4.79 Å². The summed E-state index contributed by atoms with van der Waals surface area (Å²) in [7, 11) is 0. The first-order chi connectivity index (χ1) is 9.30. The summed E-state index contributed by atoms with van der Waals surface area (Å²) < 4.78 is 1.90. The maximum atomic E-state index is 12.1. The third-order valence-electron chi connectivity index (χ3n) is 4.53. The summed E-state index contributed by atoms with van der Waals surface area (Å²) in [5.41, 5.74) is 0.345. The third kappa shape index (κ3) is 2.81. The Kier molecular flexibility index (Phi) is 3.55. The zero-order valence-electron chi connectivity index (χ0n) is 11.3. The van der Waals surface area contributed by atoms with Crippen LogP contribution in [0.1, 0.15) is 25.7 Å². The van der Waals surface area contributed by atoms with Crippen molar-refractivity contribution in [3.8, 4) is 0 Å². The average Bonchev–Trinajstić information content (AvgIpc) is 2.89. The van der Waals surface area contributed by atoms with Gasteiger partial charge in [-0.2, -0.15) is 5.10 Å². The fourth-order valence-corrected chi connectivity index (χ4v) is 3.20. The molecule has 104 valence electrons. The molecule has 2 N–H and O–H groups in total. The lowest BCUT2D eigenvalue weighted by molar-refractivity contribution is -0.123. The number of carbonyl (C=O) groups is 1.